The van der Waals surface area contributed by atoms with Gasteiger partial charge in [0.25, 0.3) is 0 Å². The molecule has 2 rings (SSSR count). The molecule has 132 valence electrons. The van der Waals surface area contributed by atoms with Gasteiger partial charge in [-0.1, -0.05) is 0 Å². The zero-order valence-corrected chi connectivity index (χ0v) is 12.8. The van der Waals surface area contributed by atoms with E-state index in [0.717, 1.165) is 0 Å². The first-order chi connectivity index (χ1) is 11.2. The molecule has 0 bridgehead atoms. The predicted octanol–water partition coefficient (Wildman–Crippen LogP) is 3.46. The number of rotatable bonds is 5. The van der Waals surface area contributed by atoms with Gasteiger partial charge in [-0.05, 0) is 49.9 Å². The van der Waals surface area contributed by atoms with E-state index in [9.17, 15) is 22.8 Å². The highest BCUT2D eigenvalue weighted by atomic mass is 19.4. The minimum atomic E-state index is -4.40. The summed E-state index contributed by atoms with van der Waals surface area (Å²) in [5.74, 6) is -1.61. The van der Waals surface area contributed by atoms with E-state index in [4.69, 9.17) is 5.11 Å². The third kappa shape index (κ3) is 5.43. The zero-order chi connectivity index (χ0) is 17.7. The number of carbonyl (C=O) groups excluding carboxylic acids is 1. The highest BCUT2D eigenvalue weighted by molar-refractivity contribution is 5.92. The van der Waals surface area contributed by atoms with Crippen LogP contribution in [-0.2, 0) is 9.59 Å². The number of benzene rings is 1. The van der Waals surface area contributed by atoms with Crippen molar-refractivity contribution in [2.45, 2.75) is 31.9 Å². The number of carboxylic acids is 1. The first-order valence-corrected chi connectivity index (χ1v) is 7.58. The third-order valence-electron chi connectivity index (χ3n) is 3.97. The fraction of sp³-hybridized carbons (Fsp3) is 0.500. The number of hydrogen-bond donors (Lipinski definition) is 2. The van der Waals surface area contributed by atoms with Gasteiger partial charge in [0.2, 0.25) is 5.91 Å². The second kappa shape index (κ2) is 7.55. The van der Waals surface area contributed by atoms with E-state index < -0.39 is 18.8 Å². The number of alkyl halides is 3. The monoisotopic (exact) mass is 345 g/mol. The molecule has 0 heterocycles. The molecule has 1 saturated carbocycles. The Morgan fingerprint density at radius 1 is 1.08 bits per heavy atom. The van der Waals surface area contributed by atoms with Gasteiger partial charge in [0.1, 0.15) is 5.75 Å². The minimum absolute atomic E-state index is 0.0623. The maximum absolute atomic E-state index is 12.1. The molecule has 2 N–H and O–H groups in total. The number of nitrogens with one attached hydrogen (secondary N) is 1. The number of aliphatic carboxylic acids is 1. The second-order valence-corrected chi connectivity index (χ2v) is 5.80. The number of amides is 1. The van der Waals surface area contributed by atoms with Crippen LogP contribution in [0.3, 0.4) is 0 Å². The SMILES string of the molecule is O=C(O)C1CCC(C(=O)Nc2ccc(OCC(F)(F)F)cc2)CC1. The molecular formula is C16H18F3NO4. The van der Waals surface area contributed by atoms with Crippen molar-refractivity contribution in [1.82, 2.24) is 0 Å². The molecule has 0 saturated heterocycles. The number of halogens is 3. The van der Waals surface area contributed by atoms with Crippen LogP contribution in [0.25, 0.3) is 0 Å². The number of carboxylic acid groups (broad SMARTS) is 1. The molecule has 5 nitrogen and oxygen atoms in total. The van der Waals surface area contributed by atoms with Crippen LogP contribution in [0.15, 0.2) is 24.3 Å². The van der Waals surface area contributed by atoms with Crippen molar-refractivity contribution in [2.24, 2.45) is 11.8 Å². The molecule has 24 heavy (non-hydrogen) atoms. The van der Waals surface area contributed by atoms with Gasteiger partial charge in [-0.2, -0.15) is 13.2 Å². The Labute approximate surface area is 136 Å². The number of hydrogen-bond acceptors (Lipinski definition) is 3. The molecule has 1 aliphatic carbocycles. The van der Waals surface area contributed by atoms with Crippen molar-refractivity contribution in [3.05, 3.63) is 24.3 Å². The van der Waals surface area contributed by atoms with Crippen LogP contribution in [0.1, 0.15) is 25.7 Å². The Hall–Kier alpha value is -2.25. The van der Waals surface area contributed by atoms with Crippen LogP contribution in [0, 0.1) is 11.8 Å². The normalized spacial score (nSPS) is 21.1. The summed E-state index contributed by atoms with van der Waals surface area (Å²) in [4.78, 5) is 23.0. The van der Waals surface area contributed by atoms with Gasteiger partial charge in [0.15, 0.2) is 6.61 Å². The smallest absolute Gasteiger partial charge is 0.422 e. The van der Waals surface area contributed by atoms with Crippen LogP contribution >= 0.6 is 0 Å². The Morgan fingerprint density at radius 3 is 2.12 bits per heavy atom. The third-order valence-corrected chi connectivity index (χ3v) is 3.97. The molecule has 1 fully saturated rings. The van der Waals surface area contributed by atoms with E-state index in [1.165, 1.54) is 24.3 Å². The molecular weight excluding hydrogens is 327 g/mol. The molecule has 0 atom stereocenters. The van der Waals surface area contributed by atoms with Gasteiger partial charge in [-0.25, -0.2) is 0 Å². The number of ether oxygens (including phenoxy) is 1. The Balaban J connectivity index is 1.83. The largest absolute Gasteiger partial charge is 0.484 e. The average molecular weight is 345 g/mol. The first kappa shape index (κ1) is 18.1. The summed E-state index contributed by atoms with van der Waals surface area (Å²) in [6.45, 7) is -1.37. The Bertz CT molecular complexity index is 578. The quantitative estimate of drug-likeness (QED) is 0.857. The van der Waals surface area contributed by atoms with E-state index in [1.54, 1.807) is 0 Å². The first-order valence-electron chi connectivity index (χ1n) is 7.58. The summed E-state index contributed by atoms with van der Waals surface area (Å²) in [7, 11) is 0. The standard InChI is InChI=1S/C16H18F3NO4/c17-16(18,19)9-24-13-7-5-12(6-8-13)20-14(21)10-1-3-11(4-2-10)15(22)23/h5-8,10-11H,1-4,9H2,(H,20,21)(H,22,23). The van der Waals surface area contributed by atoms with Crippen LogP contribution in [-0.4, -0.2) is 29.8 Å². The highest BCUT2D eigenvalue weighted by Crippen LogP contribution is 2.30. The highest BCUT2D eigenvalue weighted by Gasteiger charge is 2.30. The van der Waals surface area contributed by atoms with E-state index in [-0.39, 0.29) is 23.5 Å². The number of anilines is 1. The second-order valence-electron chi connectivity index (χ2n) is 5.80. The summed E-state index contributed by atoms with van der Waals surface area (Å²) in [6, 6.07) is 5.63. The van der Waals surface area contributed by atoms with Crippen molar-refractivity contribution in [3.63, 3.8) is 0 Å². The average Bonchev–Trinajstić information content (AvgIpc) is 2.53. The lowest BCUT2D eigenvalue weighted by atomic mass is 9.81. The molecule has 0 spiro atoms. The van der Waals surface area contributed by atoms with Crippen LogP contribution in [0.4, 0.5) is 18.9 Å². The summed E-state index contributed by atoms with van der Waals surface area (Å²) in [6.07, 6.45) is -2.44. The van der Waals surface area contributed by atoms with Crippen molar-refractivity contribution in [3.8, 4) is 5.75 Å². The fourth-order valence-corrected chi connectivity index (χ4v) is 2.65. The minimum Gasteiger partial charge on any atom is -0.484 e. The van der Waals surface area contributed by atoms with Crippen molar-refractivity contribution in [1.29, 1.82) is 0 Å². The fourth-order valence-electron chi connectivity index (χ4n) is 2.65. The van der Waals surface area contributed by atoms with Gasteiger partial charge in [-0.15, -0.1) is 0 Å². The summed E-state index contributed by atoms with van der Waals surface area (Å²) in [5, 5.41) is 11.6. The Morgan fingerprint density at radius 2 is 1.62 bits per heavy atom. The van der Waals surface area contributed by atoms with Gasteiger partial charge in [0, 0.05) is 11.6 Å². The van der Waals surface area contributed by atoms with E-state index in [1.807, 2.05) is 0 Å². The van der Waals surface area contributed by atoms with Crippen LogP contribution in [0.5, 0.6) is 5.75 Å². The maximum atomic E-state index is 12.1. The molecule has 0 aromatic heterocycles. The zero-order valence-electron chi connectivity index (χ0n) is 12.8. The van der Waals surface area contributed by atoms with E-state index in [2.05, 4.69) is 10.1 Å². The molecule has 0 unspecified atom stereocenters. The van der Waals surface area contributed by atoms with Gasteiger partial charge < -0.3 is 15.2 Å². The lowest BCUT2D eigenvalue weighted by Gasteiger charge is -2.25. The maximum Gasteiger partial charge on any atom is 0.422 e. The molecule has 0 aliphatic heterocycles. The summed E-state index contributed by atoms with van der Waals surface area (Å²) >= 11 is 0. The molecule has 1 aromatic rings. The molecule has 0 radical (unpaired) electrons. The summed E-state index contributed by atoms with van der Waals surface area (Å²) < 4.78 is 40.8. The lowest BCUT2D eigenvalue weighted by Crippen LogP contribution is -2.29. The van der Waals surface area contributed by atoms with E-state index in [0.29, 0.717) is 31.4 Å². The molecule has 1 aliphatic rings. The topological polar surface area (TPSA) is 75.6 Å². The van der Waals surface area contributed by atoms with Crippen molar-refractivity contribution in [2.75, 3.05) is 11.9 Å². The predicted molar refractivity (Wildman–Crippen MR) is 79.7 cm³/mol. The lowest BCUT2D eigenvalue weighted by molar-refractivity contribution is -0.153. The van der Waals surface area contributed by atoms with Crippen molar-refractivity contribution < 1.29 is 32.6 Å². The van der Waals surface area contributed by atoms with E-state index >= 15 is 0 Å². The van der Waals surface area contributed by atoms with Gasteiger partial charge >= 0.3 is 12.1 Å². The van der Waals surface area contributed by atoms with Crippen molar-refractivity contribution >= 4 is 17.6 Å². The molecule has 1 aromatic carbocycles. The Kier molecular flexibility index (Phi) is 5.69. The van der Waals surface area contributed by atoms with Gasteiger partial charge in [0.05, 0.1) is 5.92 Å². The molecule has 8 heteroatoms. The molecule has 1 amide bonds. The van der Waals surface area contributed by atoms with Crippen LogP contribution < -0.4 is 10.1 Å². The number of carbonyl (C=O) groups is 2. The van der Waals surface area contributed by atoms with Gasteiger partial charge in [-0.3, -0.25) is 9.59 Å². The summed E-state index contributed by atoms with van der Waals surface area (Å²) in [5.41, 5.74) is 0.458. The van der Waals surface area contributed by atoms with Crippen LogP contribution in [0.2, 0.25) is 0 Å².